The highest BCUT2D eigenvalue weighted by Gasteiger charge is 2.32. The van der Waals surface area contributed by atoms with Crippen LogP contribution in [0.4, 0.5) is 18.9 Å². The molecule has 132 valence electrons. The summed E-state index contributed by atoms with van der Waals surface area (Å²) in [6, 6.07) is 0.484. The summed E-state index contributed by atoms with van der Waals surface area (Å²) in [7, 11) is 0. The van der Waals surface area contributed by atoms with Crippen LogP contribution >= 0.6 is 0 Å². The Morgan fingerprint density at radius 3 is 2.79 bits per heavy atom. The van der Waals surface area contributed by atoms with Crippen LogP contribution < -0.4 is 10.9 Å². The Morgan fingerprint density at radius 1 is 1.46 bits per heavy atom. The first-order valence-electron chi connectivity index (χ1n) is 7.24. The van der Waals surface area contributed by atoms with E-state index in [4.69, 9.17) is 4.74 Å². The molecule has 1 aromatic heterocycles. The molecule has 0 aliphatic carbocycles. The van der Waals surface area contributed by atoms with E-state index in [9.17, 15) is 27.6 Å². The number of H-pyrrole nitrogens is 1. The number of ether oxygens (including phenoxy) is 1. The minimum atomic E-state index is -4.69. The summed E-state index contributed by atoms with van der Waals surface area (Å²) in [6.07, 6.45) is -3.74. The van der Waals surface area contributed by atoms with Crippen LogP contribution in [0.25, 0.3) is 0 Å². The van der Waals surface area contributed by atoms with Gasteiger partial charge in [0.05, 0.1) is 18.3 Å². The number of nitrogens with zero attached hydrogens (tertiary/aromatic N) is 1. The fourth-order valence-electron chi connectivity index (χ4n) is 2.21. The molecule has 2 rings (SSSR count). The number of carbonyl (C=O) groups excluding carboxylic acids is 2. The van der Waals surface area contributed by atoms with Gasteiger partial charge in [-0.2, -0.15) is 13.2 Å². The van der Waals surface area contributed by atoms with Crippen molar-refractivity contribution in [3.63, 3.8) is 0 Å². The third-order valence-corrected chi connectivity index (χ3v) is 3.55. The van der Waals surface area contributed by atoms with Crippen LogP contribution in [-0.2, 0) is 20.5 Å². The second-order valence-electron chi connectivity index (χ2n) is 5.24. The van der Waals surface area contributed by atoms with Gasteiger partial charge in [-0.3, -0.25) is 14.4 Å². The third kappa shape index (κ3) is 4.13. The largest absolute Gasteiger partial charge is 0.417 e. The lowest BCUT2D eigenvalue weighted by molar-refractivity contribution is -0.148. The first-order valence-corrected chi connectivity index (χ1v) is 7.24. The maximum Gasteiger partial charge on any atom is 0.417 e. The molecule has 0 radical (unpaired) electrons. The Balaban J connectivity index is 2.11. The Kier molecular flexibility index (Phi) is 5.27. The number of nitrogens with one attached hydrogen (secondary N) is 2. The highest BCUT2D eigenvalue weighted by Crippen LogP contribution is 2.29. The standard InChI is InChI=1S/C14H16F3N3O4/c1-2-9-7-20(3-4-24-9)13(23)12(22)19-10-5-8(14(15,16)17)6-18-11(10)21/h5-6,9H,2-4,7H2,1H3,(H,18,21)(H,19,22). The summed E-state index contributed by atoms with van der Waals surface area (Å²) in [4.78, 5) is 38.7. The number of hydrogen-bond acceptors (Lipinski definition) is 4. The molecule has 0 spiro atoms. The number of carbonyl (C=O) groups is 2. The minimum absolute atomic E-state index is 0.196. The van der Waals surface area contributed by atoms with Gasteiger partial charge in [0.25, 0.3) is 5.56 Å². The molecule has 1 aliphatic rings. The van der Waals surface area contributed by atoms with E-state index in [1.165, 1.54) is 4.90 Å². The van der Waals surface area contributed by atoms with Crippen LogP contribution in [0.2, 0.25) is 0 Å². The quantitative estimate of drug-likeness (QED) is 0.780. The molecular formula is C14H16F3N3O4. The molecule has 1 unspecified atom stereocenters. The van der Waals surface area contributed by atoms with Crippen LogP contribution in [0.1, 0.15) is 18.9 Å². The van der Waals surface area contributed by atoms with E-state index in [2.05, 4.69) is 0 Å². The number of hydrogen-bond donors (Lipinski definition) is 2. The van der Waals surface area contributed by atoms with Crippen molar-refractivity contribution in [2.45, 2.75) is 25.6 Å². The van der Waals surface area contributed by atoms with Crippen LogP contribution in [0.3, 0.4) is 0 Å². The molecule has 1 saturated heterocycles. The average Bonchev–Trinajstić information content (AvgIpc) is 2.55. The predicted octanol–water partition coefficient (Wildman–Crippen LogP) is 0.970. The highest BCUT2D eigenvalue weighted by molar-refractivity contribution is 6.39. The molecule has 2 amide bonds. The number of aromatic nitrogens is 1. The molecule has 1 aliphatic heterocycles. The van der Waals surface area contributed by atoms with Gasteiger partial charge in [-0.05, 0) is 12.5 Å². The molecule has 24 heavy (non-hydrogen) atoms. The van der Waals surface area contributed by atoms with Gasteiger partial charge < -0.3 is 19.9 Å². The Hall–Kier alpha value is -2.36. The minimum Gasteiger partial charge on any atom is -0.375 e. The predicted molar refractivity (Wildman–Crippen MR) is 77.3 cm³/mol. The van der Waals surface area contributed by atoms with Crippen molar-refractivity contribution in [2.75, 3.05) is 25.0 Å². The van der Waals surface area contributed by atoms with E-state index in [0.29, 0.717) is 18.7 Å². The van der Waals surface area contributed by atoms with E-state index in [0.717, 1.165) is 0 Å². The second-order valence-corrected chi connectivity index (χ2v) is 5.24. The molecule has 10 heteroatoms. The van der Waals surface area contributed by atoms with Crippen LogP contribution in [0, 0.1) is 0 Å². The summed E-state index contributed by atoms with van der Waals surface area (Å²) in [5.74, 6) is -2.09. The average molecular weight is 347 g/mol. The summed E-state index contributed by atoms with van der Waals surface area (Å²) in [5, 5.41) is 1.94. The van der Waals surface area contributed by atoms with Crippen LogP contribution in [0.15, 0.2) is 17.1 Å². The van der Waals surface area contributed by atoms with Gasteiger partial charge in [-0.1, -0.05) is 6.92 Å². The molecule has 2 heterocycles. The van der Waals surface area contributed by atoms with Gasteiger partial charge in [0.1, 0.15) is 5.69 Å². The Labute approximate surface area is 134 Å². The first kappa shape index (κ1) is 18.0. The number of halogens is 3. The molecule has 2 N–H and O–H groups in total. The number of amides is 2. The molecule has 1 atom stereocenters. The lowest BCUT2D eigenvalue weighted by atomic mass is 10.2. The zero-order valence-corrected chi connectivity index (χ0v) is 12.8. The number of anilines is 1. The molecule has 1 aromatic rings. The van der Waals surface area contributed by atoms with Crippen LogP contribution in [0.5, 0.6) is 0 Å². The summed E-state index contributed by atoms with van der Waals surface area (Å²) < 4.78 is 43.3. The Bertz CT molecular complexity index is 687. The van der Waals surface area contributed by atoms with E-state index >= 15 is 0 Å². The van der Waals surface area contributed by atoms with Crippen molar-refractivity contribution >= 4 is 17.5 Å². The van der Waals surface area contributed by atoms with Crippen molar-refractivity contribution in [2.24, 2.45) is 0 Å². The maximum absolute atomic E-state index is 12.6. The lowest BCUT2D eigenvalue weighted by Gasteiger charge is -2.31. The van der Waals surface area contributed by atoms with Gasteiger partial charge in [0.2, 0.25) is 0 Å². The summed E-state index contributed by atoms with van der Waals surface area (Å²) in [6.45, 7) is 2.53. The molecule has 0 bridgehead atoms. The van der Waals surface area contributed by atoms with E-state index in [-0.39, 0.29) is 25.8 Å². The normalized spacial score (nSPS) is 18.3. The second kappa shape index (κ2) is 7.04. The first-order chi connectivity index (χ1) is 11.2. The fraction of sp³-hybridized carbons (Fsp3) is 0.500. The van der Waals surface area contributed by atoms with Gasteiger partial charge in [-0.15, -0.1) is 0 Å². The van der Waals surface area contributed by atoms with Gasteiger partial charge in [-0.25, -0.2) is 0 Å². The lowest BCUT2D eigenvalue weighted by Crippen LogP contribution is -2.49. The smallest absolute Gasteiger partial charge is 0.375 e. The molecule has 7 nitrogen and oxygen atoms in total. The number of aromatic amines is 1. The van der Waals surface area contributed by atoms with Crippen molar-refractivity contribution in [1.82, 2.24) is 9.88 Å². The molecule has 1 fully saturated rings. The maximum atomic E-state index is 12.6. The van der Waals surface area contributed by atoms with Gasteiger partial charge >= 0.3 is 18.0 Å². The van der Waals surface area contributed by atoms with Gasteiger partial charge in [0, 0.05) is 19.3 Å². The summed E-state index contributed by atoms with van der Waals surface area (Å²) >= 11 is 0. The topological polar surface area (TPSA) is 91.5 Å². The zero-order chi connectivity index (χ0) is 17.9. The van der Waals surface area contributed by atoms with Crippen molar-refractivity contribution in [3.05, 3.63) is 28.2 Å². The van der Waals surface area contributed by atoms with Gasteiger partial charge in [0.15, 0.2) is 0 Å². The van der Waals surface area contributed by atoms with Crippen LogP contribution in [-0.4, -0.2) is 47.5 Å². The molecule has 0 saturated carbocycles. The number of pyridine rings is 1. The zero-order valence-electron chi connectivity index (χ0n) is 12.8. The highest BCUT2D eigenvalue weighted by atomic mass is 19.4. The third-order valence-electron chi connectivity index (χ3n) is 3.55. The number of morpholine rings is 1. The molecular weight excluding hydrogens is 331 g/mol. The number of rotatable bonds is 2. The van der Waals surface area contributed by atoms with Crippen molar-refractivity contribution < 1.29 is 27.5 Å². The molecule has 0 aromatic carbocycles. The summed E-state index contributed by atoms with van der Waals surface area (Å²) in [5.41, 5.74) is -2.71. The Morgan fingerprint density at radius 2 is 2.17 bits per heavy atom. The van der Waals surface area contributed by atoms with E-state index in [1.807, 2.05) is 17.2 Å². The SMILES string of the molecule is CCC1CN(C(=O)C(=O)Nc2cc(C(F)(F)F)c[nH]c2=O)CCO1. The fourth-order valence-corrected chi connectivity index (χ4v) is 2.21. The van der Waals surface area contributed by atoms with E-state index in [1.54, 1.807) is 0 Å². The number of alkyl halides is 3. The van der Waals surface area contributed by atoms with Crippen molar-refractivity contribution in [3.8, 4) is 0 Å². The van der Waals surface area contributed by atoms with E-state index < -0.39 is 34.8 Å². The monoisotopic (exact) mass is 347 g/mol. The van der Waals surface area contributed by atoms with Crippen molar-refractivity contribution in [1.29, 1.82) is 0 Å².